The maximum atomic E-state index is 5.72. The number of halogens is 1. The fourth-order valence-electron chi connectivity index (χ4n) is 1.59. The summed E-state index contributed by atoms with van der Waals surface area (Å²) >= 11 is 3.46. The molecule has 19 heavy (non-hydrogen) atoms. The van der Waals surface area contributed by atoms with E-state index in [1.807, 2.05) is 30.3 Å². The van der Waals surface area contributed by atoms with Crippen LogP contribution in [0.2, 0.25) is 0 Å². The van der Waals surface area contributed by atoms with E-state index in [0.717, 1.165) is 21.5 Å². The Kier molecular flexibility index (Phi) is 4.76. The van der Waals surface area contributed by atoms with Crippen molar-refractivity contribution in [1.82, 2.24) is 4.98 Å². The Bertz CT molecular complexity index is 561. The number of ether oxygens (including phenoxy) is 2. The summed E-state index contributed by atoms with van der Waals surface area (Å²) in [6.07, 6.45) is 0. The number of methoxy groups -OCH3 is 1. The van der Waals surface area contributed by atoms with Crippen molar-refractivity contribution in [3.63, 3.8) is 0 Å². The molecule has 2 N–H and O–H groups in total. The smallest absolute Gasteiger partial charge is 0.213 e. The van der Waals surface area contributed by atoms with Crippen molar-refractivity contribution in [2.75, 3.05) is 7.11 Å². The number of nitrogens with two attached hydrogens (primary N) is 1. The van der Waals surface area contributed by atoms with E-state index in [0.29, 0.717) is 19.0 Å². The van der Waals surface area contributed by atoms with Gasteiger partial charge in [0.1, 0.15) is 12.4 Å². The molecule has 0 aliphatic rings. The molecule has 2 rings (SSSR count). The minimum atomic E-state index is 0.387. The second-order valence-electron chi connectivity index (χ2n) is 3.93. The van der Waals surface area contributed by atoms with Crippen LogP contribution in [0.15, 0.2) is 40.9 Å². The van der Waals surface area contributed by atoms with Gasteiger partial charge >= 0.3 is 0 Å². The van der Waals surface area contributed by atoms with Crippen molar-refractivity contribution in [2.24, 2.45) is 5.73 Å². The lowest BCUT2D eigenvalue weighted by molar-refractivity contribution is 0.296. The summed E-state index contributed by atoms with van der Waals surface area (Å²) in [6.45, 7) is 0.897. The minimum Gasteiger partial charge on any atom is -0.486 e. The highest BCUT2D eigenvalue weighted by Gasteiger charge is 2.04. The third-order valence-corrected chi connectivity index (χ3v) is 3.22. The maximum absolute atomic E-state index is 5.72. The second-order valence-corrected chi connectivity index (χ2v) is 4.78. The Morgan fingerprint density at radius 2 is 2.11 bits per heavy atom. The average molecular weight is 323 g/mol. The van der Waals surface area contributed by atoms with Crippen molar-refractivity contribution in [1.29, 1.82) is 0 Å². The highest BCUT2D eigenvalue weighted by molar-refractivity contribution is 9.10. The SMILES string of the molecule is COc1cccc(COc2ccc(CN)cc2Br)n1. The number of rotatable bonds is 5. The first-order valence-corrected chi connectivity index (χ1v) is 6.63. The van der Waals surface area contributed by atoms with Crippen LogP contribution in [0.5, 0.6) is 11.6 Å². The summed E-state index contributed by atoms with van der Waals surface area (Å²) in [7, 11) is 1.59. The molecular formula is C14H15BrN2O2. The molecule has 0 spiro atoms. The Morgan fingerprint density at radius 3 is 2.79 bits per heavy atom. The Balaban J connectivity index is 2.05. The lowest BCUT2D eigenvalue weighted by atomic mass is 10.2. The number of nitrogens with zero attached hydrogens (tertiary/aromatic N) is 1. The lowest BCUT2D eigenvalue weighted by Gasteiger charge is -2.09. The standard InChI is InChI=1S/C14H15BrN2O2/c1-18-14-4-2-3-11(17-14)9-19-13-6-5-10(8-16)7-12(13)15/h2-7H,8-9,16H2,1H3. The summed E-state index contributed by atoms with van der Waals surface area (Å²) in [5, 5.41) is 0. The number of aromatic nitrogens is 1. The predicted molar refractivity (Wildman–Crippen MR) is 77.2 cm³/mol. The van der Waals surface area contributed by atoms with Crippen molar-refractivity contribution in [2.45, 2.75) is 13.2 Å². The predicted octanol–water partition coefficient (Wildman–Crippen LogP) is 2.89. The van der Waals surface area contributed by atoms with Crippen LogP contribution < -0.4 is 15.2 Å². The molecule has 1 aromatic heterocycles. The molecule has 0 unspecified atom stereocenters. The molecular weight excluding hydrogens is 308 g/mol. The molecule has 4 nitrogen and oxygen atoms in total. The van der Waals surface area contributed by atoms with Crippen LogP contribution in [0, 0.1) is 0 Å². The molecule has 1 heterocycles. The number of benzene rings is 1. The van der Waals surface area contributed by atoms with E-state index in [2.05, 4.69) is 20.9 Å². The number of pyridine rings is 1. The highest BCUT2D eigenvalue weighted by Crippen LogP contribution is 2.26. The zero-order valence-electron chi connectivity index (χ0n) is 10.6. The topological polar surface area (TPSA) is 57.4 Å². The van der Waals surface area contributed by atoms with Gasteiger partial charge in [-0.1, -0.05) is 12.1 Å². The fraction of sp³-hybridized carbons (Fsp3) is 0.214. The van der Waals surface area contributed by atoms with E-state index >= 15 is 0 Å². The second kappa shape index (κ2) is 6.54. The van der Waals surface area contributed by atoms with Crippen LogP contribution in [0.1, 0.15) is 11.3 Å². The summed E-state index contributed by atoms with van der Waals surface area (Å²) in [4.78, 5) is 4.29. The first-order valence-electron chi connectivity index (χ1n) is 5.84. The van der Waals surface area contributed by atoms with Gasteiger partial charge in [-0.2, -0.15) is 0 Å². The van der Waals surface area contributed by atoms with Crippen LogP contribution in [0.4, 0.5) is 0 Å². The first-order chi connectivity index (χ1) is 9.22. The molecule has 5 heteroatoms. The van der Waals surface area contributed by atoms with Gasteiger partial charge in [-0.25, -0.2) is 4.98 Å². The van der Waals surface area contributed by atoms with E-state index in [-0.39, 0.29) is 0 Å². The summed E-state index contributed by atoms with van der Waals surface area (Å²) < 4.78 is 11.7. The third-order valence-electron chi connectivity index (χ3n) is 2.60. The zero-order valence-corrected chi connectivity index (χ0v) is 12.2. The van der Waals surface area contributed by atoms with E-state index < -0.39 is 0 Å². The van der Waals surface area contributed by atoms with Gasteiger partial charge in [-0.05, 0) is 39.7 Å². The van der Waals surface area contributed by atoms with Gasteiger partial charge in [0.15, 0.2) is 0 Å². The minimum absolute atomic E-state index is 0.387. The van der Waals surface area contributed by atoms with Gasteiger partial charge in [-0.3, -0.25) is 0 Å². The van der Waals surface area contributed by atoms with Crippen LogP contribution in [0.25, 0.3) is 0 Å². The molecule has 0 aliphatic heterocycles. The Morgan fingerprint density at radius 1 is 1.26 bits per heavy atom. The molecule has 0 saturated carbocycles. The van der Waals surface area contributed by atoms with Gasteiger partial charge in [0.25, 0.3) is 0 Å². The number of hydrogen-bond donors (Lipinski definition) is 1. The molecule has 0 radical (unpaired) electrons. The molecule has 0 saturated heterocycles. The van der Waals surface area contributed by atoms with Crippen molar-refractivity contribution in [3.8, 4) is 11.6 Å². The fourth-order valence-corrected chi connectivity index (χ4v) is 2.13. The molecule has 0 fully saturated rings. The lowest BCUT2D eigenvalue weighted by Crippen LogP contribution is -2.01. The summed E-state index contributed by atoms with van der Waals surface area (Å²) in [5.74, 6) is 1.35. The van der Waals surface area contributed by atoms with Crippen LogP contribution in [-0.2, 0) is 13.2 Å². The van der Waals surface area contributed by atoms with Gasteiger partial charge in [0, 0.05) is 12.6 Å². The van der Waals surface area contributed by atoms with Crippen molar-refractivity contribution < 1.29 is 9.47 Å². The largest absolute Gasteiger partial charge is 0.486 e. The molecule has 0 bridgehead atoms. The third kappa shape index (κ3) is 3.68. The van der Waals surface area contributed by atoms with Crippen molar-refractivity contribution in [3.05, 3.63) is 52.1 Å². The van der Waals surface area contributed by atoms with Gasteiger partial charge in [0.2, 0.25) is 5.88 Å². The molecule has 1 aromatic carbocycles. The zero-order chi connectivity index (χ0) is 13.7. The molecule has 0 aliphatic carbocycles. The van der Waals surface area contributed by atoms with E-state index in [4.69, 9.17) is 15.2 Å². The molecule has 0 atom stereocenters. The van der Waals surface area contributed by atoms with Crippen LogP contribution in [-0.4, -0.2) is 12.1 Å². The van der Waals surface area contributed by atoms with Crippen molar-refractivity contribution >= 4 is 15.9 Å². The van der Waals surface area contributed by atoms with Gasteiger partial charge in [0.05, 0.1) is 17.3 Å². The van der Waals surface area contributed by atoms with Gasteiger partial charge < -0.3 is 15.2 Å². The Labute approximate surface area is 120 Å². The van der Waals surface area contributed by atoms with E-state index in [1.54, 1.807) is 13.2 Å². The Hall–Kier alpha value is -1.59. The average Bonchev–Trinajstić information content (AvgIpc) is 2.46. The van der Waals surface area contributed by atoms with E-state index in [1.165, 1.54) is 0 Å². The van der Waals surface area contributed by atoms with E-state index in [9.17, 15) is 0 Å². The maximum Gasteiger partial charge on any atom is 0.213 e. The number of hydrogen-bond acceptors (Lipinski definition) is 4. The van der Waals surface area contributed by atoms with Gasteiger partial charge in [-0.15, -0.1) is 0 Å². The highest BCUT2D eigenvalue weighted by atomic mass is 79.9. The monoisotopic (exact) mass is 322 g/mol. The molecule has 0 amide bonds. The summed E-state index contributed by atoms with van der Waals surface area (Å²) in [6, 6.07) is 11.4. The summed E-state index contributed by atoms with van der Waals surface area (Å²) in [5.41, 5.74) is 7.45. The molecule has 100 valence electrons. The quantitative estimate of drug-likeness (QED) is 0.919. The normalized spacial score (nSPS) is 10.3. The van der Waals surface area contributed by atoms with Crippen LogP contribution in [0.3, 0.4) is 0 Å². The van der Waals surface area contributed by atoms with Crippen LogP contribution >= 0.6 is 15.9 Å². The first kappa shape index (κ1) is 13.8. The molecule has 2 aromatic rings.